The molecular weight excluding hydrogens is 238 g/mol. The van der Waals surface area contributed by atoms with Gasteiger partial charge in [0.2, 0.25) is 0 Å². The van der Waals surface area contributed by atoms with Gasteiger partial charge in [0, 0.05) is 12.5 Å². The van der Waals surface area contributed by atoms with Crippen LogP contribution in [0.4, 0.5) is 0 Å². The van der Waals surface area contributed by atoms with Gasteiger partial charge in [-0.1, -0.05) is 24.3 Å². The third-order valence-corrected chi connectivity index (χ3v) is 3.47. The summed E-state index contributed by atoms with van der Waals surface area (Å²) >= 11 is 0. The van der Waals surface area contributed by atoms with Crippen LogP contribution in [-0.2, 0) is 16.0 Å². The highest BCUT2D eigenvalue weighted by Gasteiger charge is 2.24. The molecule has 0 spiro atoms. The highest BCUT2D eigenvalue weighted by atomic mass is 16.5. The molecule has 1 aliphatic rings. The Morgan fingerprint density at radius 3 is 2.84 bits per heavy atom. The minimum absolute atomic E-state index is 0.128. The van der Waals surface area contributed by atoms with E-state index in [2.05, 4.69) is 29.6 Å². The van der Waals surface area contributed by atoms with Gasteiger partial charge < -0.3 is 10.1 Å². The van der Waals surface area contributed by atoms with Crippen molar-refractivity contribution in [1.82, 2.24) is 5.32 Å². The lowest BCUT2D eigenvalue weighted by molar-refractivity contribution is -0.153. The van der Waals surface area contributed by atoms with Gasteiger partial charge in [-0.25, -0.2) is 0 Å². The molecule has 2 rings (SSSR count). The van der Waals surface area contributed by atoms with E-state index in [1.807, 2.05) is 20.8 Å². The molecule has 0 radical (unpaired) electrons. The molecular formula is C16H23NO2. The number of carbonyl (C=O) groups is 1. The maximum Gasteiger partial charge on any atom is 0.311 e. The van der Waals surface area contributed by atoms with Crippen molar-refractivity contribution in [3.8, 4) is 0 Å². The van der Waals surface area contributed by atoms with Crippen LogP contribution in [0.15, 0.2) is 24.3 Å². The monoisotopic (exact) mass is 261 g/mol. The fraction of sp³-hybridized carbons (Fsp3) is 0.562. The van der Waals surface area contributed by atoms with Gasteiger partial charge in [-0.15, -0.1) is 0 Å². The van der Waals surface area contributed by atoms with Gasteiger partial charge in [-0.3, -0.25) is 4.79 Å². The zero-order valence-corrected chi connectivity index (χ0v) is 12.0. The largest absolute Gasteiger partial charge is 0.465 e. The van der Waals surface area contributed by atoms with E-state index in [0.717, 1.165) is 19.4 Å². The number of nitrogens with one attached hydrogen (secondary N) is 1. The number of rotatable bonds is 3. The van der Waals surface area contributed by atoms with Gasteiger partial charge in [-0.05, 0) is 44.9 Å². The summed E-state index contributed by atoms with van der Waals surface area (Å²) in [5, 5.41) is 3.50. The second-order valence-electron chi connectivity index (χ2n) is 6.13. The Bertz CT molecular complexity index is 448. The Kier molecular flexibility index (Phi) is 4.25. The number of hydrogen-bond acceptors (Lipinski definition) is 3. The van der Waals surface area contributed by atoms with Gasteiger partial charge >= 0.3 is 5.97 Å². The summed E-state index contributed by atoms with van der Waals surface area (Å²) in [6.07, 6.45) is 1.91. The second kappa shape index (κ2) is 5.74. The smallest absolute Gasteiger partial charge is 0.311 e. The number of carbonyl (C=O) groups excluding carboxylic acids is 1. The second-order valence-corrected chi connectivity index (χ2v) is 6.13. The Morgan fingerprint density at radius 1 is 1.37 bits per heavy atom. The van der Waals surface area contributed by atoms with Crippen molar-refractivity contribution in [1.29, 1.82) is 0 Å². The Labute approximate surface area is 115 Å². The van der Waals surface area contributed by atoms with Gasteiger partial charge in [-0.2, -0.15) is 0 Å². The van der Waals surface area contributed by atoms with E-state index >= 15 is 0 Å². The van der Waals surface area contributed by atoms with Crippen LogP contribution in [0.25, 0.3) is 0 Å². The van der Waals surface area contributed by atoms with Crippen LogP contribution < -0.4 is 5.32 Å². The lowest BCUT2D eigenvalue weighted by Gasteiger charge is -2.27. The molecule has 1 atom stereocenters. The molecule has 0 aliphatic carbocycles. The fourth-order valence-corrected chi connectivity index (χ4v) is 2.34. The lowest BCUT2D eigenvalue weighted by Crippen LogP contribution is -2.31. The first kappa shape index (κ1) is 14.1. The summed E-state index contributed by atoms with van der Waals surface area (Å²) < 4.78 is 5.35. The number of fused-ring (bicyclic) bond motifs is 1. The molecule has 1 aromatic carbocycles. The number of esters is 1. The first-order valence-electron chi connectivity index (χ1n) is 6.97. The Morgan fingerprint density at radius 2 is 2.11 bits per heavy atom. The highest BCUT2D eigenvalue weighted by molar-refractivity contribution is 5.75. The Balaban J connectivity index is 1.90. The van der Waals surface area contributed by atoms with Crippen molar-refractivity contribution in [2.75, 3.05) is 13.2 Å². The van der Waals surface area contributed by atoms with Crippen LogP contribution in [0.3, 0.4) is 0 Å². The topological polar surface area (TPSA) is 38.3 Å². The maximum atomic E-state index is 11.7. The summed E-state index contributed by atoms with van der Waals surface area (Å²) in [4.78, 5) is 11.7. The van der Waals surface area contributed by atoms with Gasteiger partial charge in [0.05, 0.1) is 12.0 Å². The standard InChI is InChI=1S/C16H23NO2/c1-16(2,3)15(18)19-11-9-14-13-7-5-4-6-12(13)8-10-17-14/h4-7,14,17H,8-11H2,1-3H3. The molecule has 3 heteroatoms. The summed E-state index contributed by atoms with van der Waals surface area (Å²) in [5.41, 5.74) is 2.34. The molecule has 1 aliphatic heterocycles. The number of ether oxygens (including phenoxy) is 1. The molecule has 0 bridgehead atoms. The fourth-order valence-electron chi connectivity index (χ4n) is 2.34. The molecule has 1 aromatic rings. The molecule has 0 aromatic heterocycles. The van der Waals surface area contributed by atoms with Crippen LogP contribution in [-0.4, -0.2) is 19.1 Å². The minimum atomic E-state index is -0.419. The summed E-state index contributed by atoms with van der Waals surface area (Å²) in [7, 11) is 0. The first-order chi connectivity index (χ1) is 8.98. The van der Waals surface area contributed by atoms with Crippen LogP contribution in [0.5, 0.6) is 0 Å². The molecule has 0 fully saturated rings. The van der Waals surface area contributed by atoms with E-state index in [1.54, 1.807) is 0 Å². The quantitative estimate of drug-likeness (QED) is 0.850. The number of benzene rings is 1. The highest BCUT2D eigenvalue weighted by Crippen LogP contribution is 2.25. The molecule has 0 amide bonds. The predicted octanol–water partition coefficient (Wildman–Crippen LogP) is 2.85. The molecule has 0 saturated carbocycles. The molecule has 1 heterocycles. The van der Waals surface area contributed by atoms with E-state index in [4.69, 9.17) is 4.74 Å². The average molecular weight is 261 g/mol. The third kappa shape index (κ3) is 3.57. The summed E-state index contributed by atoms with van der Waals surface area (Å²) in [6.45, 7) is 7.10. The predicted molar refractivity (Wildman–Crippen MR) is 75.9 cm³/mol. The molecule has 1 unspecified atom stereocenters. The Hall–Kier alpha value is -1.35. The van der Waals surface area contributed by atoms with Gasteiger partial charge in [0.1, 0.15) is 0 Å². The summed E-state index contributed by atoms with van der Waals surface area (Å²) in [5.74, 6) is -0.128. The van der Waals surface area contributed by atoms with Gasteiger partial charge in [0.25, 0.3) is 0 Å². The van der Waals surface area contributed by atoms with Crippen LogP contribution >= 0.6 is 0 Å². The normalized spacial score (nSPS) is 18.8. The zero-order chi connectivity index (χ0) is 13.9. The molecule has 3 nitrogen and oxygen atoms in total. The zero-order valence-electron chi connectivity index (χ0n) is 12.0. The summed E-state index contributed by atoms with van der Waals surface area (Å²) in [6, 6.07) is 8.81. The lowest BCUT2D eigenvalue weighted by atomic mass is 9.93. The average Bonchev–Trinajstić information content (AvgIpc) is 2.38. The molecule has 104 valence electrons. The number of hydrogen-bond donors (Lipinski definition) is 1. The van der Waals surface area contributed by atoms with Crippen molar-refractivity contribution in [2.45, 2.75) is 39.7 Å². The maximum absolute atomic E-state index is 11.7. The van der Waals surface area contributed by atoms with E-state index < -0.39 is 5.41 Å². The SMILES string of the molecule is CC(C)(C)C(=O)OCCC1NCCc2ccccc21. The van der Waals surface area contributed by atoms with Crippen LogP contribution in [0.1, 0.15) is 44.4 Å². The third-order valence-electron chi connectivity index (χ3n) is 3.47. The van der Waals surface area contributed by atoms with Crippen molar-refractivity contribution in [2.24, 2.45) is 5.41 Å². The first-order valence-corrected chi connectivity index (χ1v) is 6.97. The molecule has 19 heavy (non-hydrogen) atoms. The van der Waals surface area contributed by atoms with Crippen molar-refractivity contribution < 1.29 is 9.53 Å². The van der Waals surface area contributed by atoms with Crippen LogP contribution in [0.2, 0.25) is 0 Å². The van der Waals surface area contributed by atoms with Crippen molar-refractivity contribution in [3.05, 3.63) is 35.4 Å². The van der Waals surface area contributed by atoms with Crippen molar-refractivity contribution >= 4 is 5.97 Å². The minimum Gasteiger partial charge on any atom is -0.465 e. The van der Waals surface area contributed by atoms with Gasteiger partial charge in [0.15, 0.2) is 0 Å². The van der Waals surface area contributed by atoms with Crippen LogP contribution in [0, 0.1) is 5.41 Å². The van der Waals surface area contributed by atoms with E-state index in [1.165, 1.54) is 11.1 Å². The molecule has 1 N–H and O–H groups in total. The van der Waals surface area contributed by atoms with E-state index in [0.29, 0.717) is 12.6 Å². The molecule has 0 saturated heterocycles. The van der Waals surface area contributed by atoms with E-state index in [9.17, 15) is 4.79 Å². The van der Waals surface area contributed by atoms with E-state index in [-0.39, 0.29) is 5.97 Å². The van der Waals surface area contributed by atoms with Crippen molar-refractivity contribution in [3.63, 3.8) is 0 Å².